The molecule has 0 aromatic heterocycles. The van der Waals surface area contributed by atoms with Crippen LogP contribution in [-0.4, -0.2) is 33.0 Å². The highest BCUT2D eigenvalue weighted by Crippen LogP contribution is 2.31. The third-order valence-electron chi connectivity index (χ3n) is 5.00. The normalized spacial score (nSPS) is 16.4. The topological polar surface area (TPSA) is 101 Å². The molecular formula is C20H28ClN3O3S. The van der Waals surface area contributed by atoms with Crippen LogP contribution in [0.25, 0.3) is 10.8 Å². The van der Waals surface area contributed by atoms with Crippen molar-refractivity contribution in [2.24, 2.45) is 17.6 Å². The number of halogens is 1. The summed E-state index contributed by atoms with van der Waals surface area (Å²) >= 11 is 0. The number of benzene rings is 2. The van der Waals surface area contributed by atoms with Crippen LogP contribution in [0.3, 0.4) is 0 Å². The van der Waals surface area contributed by atoms with E-state index in [1.54, 1.807) is 18.2 Å². The summed E-state index contributed by atoms with van der Waals surface area (Å²) in [6.07, 6.45) is 2.19. The van der Waals surface area contributed by atoms with Gasteiger partial charge in [-0.2, -0.15) is 4.72 Å². The van der Waals surface area contributed by atoms with Crippen LogP contribution in [0.5, 0.6) is 0 Å². The van der Waals surface area contributed by atoms with E-state index in [9.17, 15) is 13.2 Å². The molecule has 1 aliphatic carbocycles. The average molecular weight is 426 g/mol. The molecule has 1 fully saturated rings. The maximum absolute atomic E-state index is 12.8. The minimum atomic E-state index is -3.83. The molecule has 0 spiro atoms. The summed E-state index contributed by atoms with van der Waals surface area (Å²) in [5.41, 5.74) is 6.02. The first-order chi connectivity index (χ1) is 12.8. The van der Waals surface area contributed by atoms with Gasteiger partial charge in [-0.3, -0.25) is 4.79 Å². The molecule has 2 atom stereocenters. The molecule has 0 saturated heterocycles. The summed E-state index contributed by atoms with van der Waals surface area (Å²) in [7, 11) is -3.83. The van der Waals surface area contributed by atoms with E-state index >= 15 is 0 Å². The second-order valence-corrected chi connectivity index (χ2v) is 9.31. The van der Waals surface area contributed by atoms with Gasteiger partial charge in [-0.25, -0.2) is 8.42 Å². The first-order valence-corrected chi connectivity index (χ1v) is 10.8. The molecule has 1 saturated carbocycles. The van der Waals surface area contributed by atoms with Crippen LogP contribution in [0.15, 0.2) is 47.4 Å². The predicted molar refractivity (Wildman–Crippen MR) is 114 cm³/mol. The SMILES string of the molecule is CC(C)C(NS(=O)(=O)c1ccc2ccccc2c1)C(=O)NCC(N)C1CC1.Cl. The summed E-state index contributed by atoms with van der Waals surface area (Å²) in [5.74, 6) is -0.0695. The highest BCUT2D eigenvalue weighted by atomic mass is 35.5. The third kappa shape index (κ3) is 5.44. The van der Waals surface area contributed by atoms with Gasteiger partial charge in [-0.05, 0) is 47.6 Å². The fourth-order valence-corrected chi connectivity index (χ4v) is 4.46. The third-order valence-corrected chi connectivity index (χ3v) is 6.44. The Balaban J connectivity index is 0.00000280. The van der Waals surface area contributed by atoms with E-state index < -0.39 is 16.1 Å². The largest absolute Gasteiger partial charge is 0.353 e. The Hall–Kier alpha value is -1.67. The van der Waals surface area contributed by atoms with Gasteiger partial charge < -0.3 is 11.1 Å². The molecule has 28 heavy (non-hydrogen) atoms. The highest BCUT2D eigenvalue weighted by Gasteiger charge is 2.31. The zero-order chi connectivity index (χ0) is 19.6. The fraction of sp³-hybridized carbons (Fsp3) is 0.450. The van der Waals surface area contributed by atoms with Gasteiger partial charge in [0.25, 0.3) is 0 Å². The molecule has 6 nitrogen and oxygen atoms in total. The molecule has 8 heteroatoms. The van der Waals surface area contributed by atoms with E-state index in [2.05, 4.69) is 10.0 Å². The van der Waals surface area contributed by atoms with Crippen molar-refractivity contribution in [2.75, 3.05) is 6.54 Å². The van der Waals surface area contributed by atoms with Crippen molar-refractivity contribution in [3.8, 4) is 0 Å². The van der Waals surface area contributed by atoms with Gasteiger partial charge >= 0.3 is 0 Å². The van der Waals surface area contributed by atoms with Crippen LogP contribution in [0.4, 0.5) is 0 Å². The summed E-state index contributed by atoms with van der Waals surface area (Å²) < 4.78 is 28.2. The molecule has 2 aromatic carbocycles. The van der Waals surface area contributed by atoms with Gasteiger partial charge in [-0.1, -0.05) is 44.2 Å². The Labute approximate surface area is 172 Å². The molecule has 0 heterocycles. The van der Waals surface area contributed by atoms with Crippen LogP contribution in [0, 0.1) is 11.8 Å². The summed E-state index contributed by atoms with van der Waals surface area (Å²) in [6.45, 7) is 3.99. The minimum absolute atomic E-state index is 0. The van der Waals surface area contributed by atoms with Crippen molar-refractivity contribution < 1.29 is 13.2 Å². The number of carbonyl (C=O) groups excluding carboxylic acids is 1. The molecule has 1 amide bonds. The Bertz CT molecular complexity index is 929. The molecule has 0 aliphatic heterocycles. The number of nitrogens with one attached hydrogen (secondary N) is 2. The lowest BCUT2D eigenvalue weighted by Crippen LogP contribution is -2.51. The second kappa shape index (κ2) is 9.22. The monoisotopic (exact) mass is 425 g/mol. The molecule has 0 radical (unpaired) electrons. The van der Waals surface area contributed by atoms with Crippen LogP contribution in [0.2, 0.25) is 0 Å². The Morgan fingerprint density at radius 2 is 1.79 bits per heavy atom. The van der Waals surface area contributed by atoms with Gasteiger partial charge in [-0.15, -0.1) is 12.4 Å². The molecule has 3 rings (SSSR count). The maximum Gasteiger partial charge on any atom is 0.241 e. The number of fused-ring (bicyclic) bond motifs is 1. The van der Waals surface area contributed by atoms with Gasteiger partial charge in [0.15, 0.2) is 0 Å². The second-order valence-electron chi connectivity index (χ2n) is 7.60. The zero-order valence-electron chi connectivity index (χ0n) is 16.1. The van der Waals surface area contributed by atoms with E-state index in [-0.39, 0.29) is 35.2 Å². The zero-order valence-corrected chi connectivity index (χ0v) is 17.7. The van der Waals surface area contributed by atoms with E-state index in [0.717, 1.165) is 23.6 Å². The Morgan fingerprint density at radius 3 is 2.39 bits per heavy atom. The van der Waals surface area contributed by atoms with Crippen molar-refractivity contribution in [3.05, 3.63) is 42.5 Å². The fourth-order valence-electron chi connectivity index (χ4n) is 3.08. The van der Waals surface area contributed by atoms with Crippen molar-refractivity contribution >= 4 is 39.1 Å². The number of sulfonamides is 1. The quantitative estimate of drug-likeness (QED) is 0.604. The lowest BCUT2D eigenvalue weighted by molar-refractivity contribution is -0.123. The van der Waals surface area contributed by atoms with Crippen molar-refractivity contribution in [2.45, 2.75) is 43.7 Å². The molecule has 2 aromatic rings. The standard InChI is InChI=1S/C20H27N3O3S.ClH/c1-13(2)19(20(24)22-12-18(21)15-7-8-15)23-27(25,26)17-10-9-14-5-3-4-6-16(14)11-17;/h3-6,9-11,13,15,18-19,23H,7-8,12,21H2,1-2H3,(H,22,24);1H. The number of hydrogen-bond donors (Lipinski definition) is 3. The first-order valence-electron chi connectivity index (χ1n) is 9.32. The lowest BCUT2D eigenvalue weighted by atomic mass is 10.0. The van der Waals surface area contributed by atoms with Gasteiger partial charge in [0.05, 0.1) is 4.90 Å². The van der Waals surface area contributed by atoms with Gasteiger partial charge in [0, 0.05) is 12.6 Å². The van der Waals surface area contributed by atoms with Crippen LogP contribution >= 0.6 is 12.4 Å². The Morgan fingerprint density at radius 1 is 1.14 bits per heavy atom. The van der Waals surface area contributed by atoms with Crippen LogP contribution in [0.1, 0.15) is 26.7 Å². The van der Waals surface area contributed by atoms with Gasteiger partial charge in [0.1, 0.15) is 6.04 Å². The average Bonchev–Trinajstić information content (AvgIpc) is 3.48. The lowest BCUT2D eigenvalue weighted by Gasteiger charge is -2.23. The number of carbonyl (C=O) groups is 1. The molecule has 4 N–H and O–H groups in total. The molecule has 0 bridgehead atoms. The van der Waals surface area contributed by atoms with Crippen LogP contribution < -0.4 is 15.8 Å². The summed E-state index contributed by atoms with van der Waals surface area (Å²) in [5, 5.41) is 4.59. The number of hydrogen-bond acceptors (Lipinski definition) is 4. The van der Waals surface area contributed by atoms with E-state index in [1.165, 1.54) is 0 Å². The summed E-state index contributed by atoms with van der Waals surface area (Å²) in [6, 6.07) is 11.6. The maximum atomic E-state index is 12.8. The molecule has 1 aliphatic rings. The Kier molecular flexibility index (Phi) is 7.45. The number of nitrogens with two attached hydrogens (primary N) is 1. The molecular weight excluding hydrogens is 398 g/mol. The van der Waals surface area contributed by atoms with Crippen LogP contribution in [-0.2, 0) is 14.8 Å². The smallest absolute Gasteiger partial charge is 0.241 e. The predicted octanol–water partition coefficient (Wildman–Crippen LogP) is 2.42. The van der Waals surface area contributed by atoms with Crippen molar-refractivity contribution in [1.82, 2.24) is 10.0 Å². The van der Waals surface area contributed by atoms with E-state index in [1.807, 2.05) is 38.1 Å². The number of rotatable bonds is 8. The van der Waals surface area contributed by atoms with E-state index in [0.29, 0.717) is 12.5 Å². The number of amides is 1. The molecule has 154 valence electrons. The molecule has 2 unspecified atom stereocenters. The van der Waals surface area contributed by atoms with Crippen molar-refractivity contribution in [1.29, 1.82) is 0 Å². The van der Waals surface area contributed by atoms with Crippen molar-refractivity contribution in [3.63, 3.8) is 0 Å². The summed E-state index contributed by atoms with van der Waals surface area (Å²) in [4.78, 5) is 12.7. The first kappa shape index (κ1) is 22.6. The highest BCUT2D eigenvalue weighted by molar-refractivity contribution is 7.89. The minimum Gasteiger partial charge on any atom is -0.353 e. The van der Waals surface area contributed by atoms with Gasteiger partial charge in [0.2, 0.25) is 15.9 Å². The van der Waals surface area contributed by atoms with E-state index in [4.69, 9.17) is 5.73 Å².